The molecule has 1 aromatic carbocycles. The molecule has 13 heavy (non-hydrogen) atoms. The fraction of sp³-hybridized carbons (Fsp3) is 0.273. The van der Waals surface area contributed by atoms with E-state index in [4.69, 9.17) is 16.7 Å². The minimum Gasteiger partial charge on any atom is -0.396 e. The topological polar surface area (TPSA) is 20.2 Å². The summed E-state index contributed by atoms with van der Waals surface area (Å²) in [6.45, 7) is 4.04. The van der Waals surface area contributed by atoms with Crippen molar-refractivity contribution in [3.05, 3.63) is 47.0 Å². The SMILES string of the molecule is C=C(CCO)Cc1ccc(Cl)cc1. The Morgan fingerprint density at radius 3 is 2.46 bits per heavy atom. The minimum absolute atomic E-state index is 0.173. The van der Waals surface area contributed by atoms with E-state index in [1.54, 1.807) is 0 Å². The second-order valence-electron chi connectivity index (χ2n) is 3.03. The van der Waals surface area contributed by atoms with Crippen LogP contribution in [0, 0.1) is 0 Å². The molecule has 0 radical (unpaired) electrons. The van der Waals surface area contributed by atoms with E-state index in [0.29, 0.717) is 6.42 Å². The third-order valence-corrected chi connectivity index (χ3v) is 2.08. The van der Waals surface area contributed by atoms with E-state index < -0.39 is 0 Å². The normalized spacial score (nSPS) is 10.0. The highest BCUT2D eigenvalue weighted by Gasteiger charge is 1.96. The van der Waals surface area contributed by atoms with Crippen LogP contribution in [0.2, 0.25) is 5.02 Å². The van der Waals surface area contributed by atoms with Crippen LogP contribution in [0.3, 0.4) is 0 Å². The zero-order chi connectivity index (χ0) is 9.68. The minimum atomic E-state index is 0.173. The van der Waals surface area contributed by atoms with Crippen LogP contribution in [-0.4, -0.2) is 11.7 Å². The van der Waals surface area contributed by atoms with Gasteiger partial charge in [0.05, 0.1) is 0 Å². The molecule has 1 rings (SSSR count). The summed E-state index contributed by atoms with van der Waals surface area (Å²) in [7, 11) is 0. The number of aliphatic hydroxyl groups is 1. The summed E-state index contributed by atoms with van der Waals surface area (Å²) in [5.74, 6) is 0. The quantitative estimate of drug-likeness (QED) is 0.735. The first kappa shape index (κ1) is 10.3. The number of hydrogen-bond acceptors (Lipinski definition) is 1. The molecule has 0 aliphatic rings. The molecule has 0 saturated carbocycles. The van der Waals surface area contributed by atoms with Crippen LogP contribution in [0.5, 0.6) is 0 Å². The van der Waals surface area contributed by atoms with Crippen molar-refractivity contribution in [3.63, 3.8) is 0 Å². The summed E-state index contributed by atoms with van der Waals surface area (Å²) in [4.78, 5) is 0. The molecular formula is C11H13ClO. The van der Waals surface area contributed by atoms with Gasteiger partial charge in [0.25, 0.3) is 0 Å². The Morgan fingerprint density at radius 1 is 1.31 bits per heavy atom. The largest absolute Gasteiger partial charge is 0.396 e. The van der Waals surface area contributed by atoms with Crippen LogP contribution in [0.25, 0.3) is 0 Å². The number of aliphatic hydroxyl groups excluding tert-OH is 1. The van der Waals surface area contributed by atoms with E-state index >= 15 is 0 Å². The first-order valence-corrected chi connectivity index (χ1v) is 4.62. The second kappa shape index (κ2) is 5.05. The molecule has 0 aliphatic heterocycles. The predicted octanol–water partition coefficient (Wildman–Crippen LogP) is 2.82. The van der Waals surface area contributed by atoms with Gasteiger partial charge in [0.2, 0.25) is 0 Å². The lowest BCUT2D eigenvalue weighted by Gasteiger charge is -2.03. The van der Waals surface area contributed by atoms with E-state index in [-0.39, 0.29) is 6.61 Å². The van der Waals surface area contributed by atoms with Crippen molar-refractivity contribution in [1.82, 2.24) is 0 Å². The second-order valence-corrected chi connectivity index (χ2v) is 3.46. The Labute approximate surface area is 83.7 Å². The molecule has 0 heterocycles. The van der Waals surface area contributed by atoms with Gasteiger partial charge in [-0.2, -0.15) is 0 Å². The molecule has 1 nitrogen and oxygen atoms in total. The van der Waals surface area contributed by atoms with E-state index in [9.17, 15) is 0 Å². The van der Waals surface area contributed by atoms with Gasteiger partial charge in [-0.15, -0.1) is 0 Å². The van der Waals surface area contributed by atoms with Gasteiger partial charge in [0.1, 0.15) is 0 Å². The number of hydrogen-bond donors (Lipinski definition) is 1. The van der Waals surface area contributed by atoms with Gasteiger partial charge in [-0.1, -0.05) is 35.9 Å². The number of benzene rings is 1. The summed E-state index contributed by atoms with van der Waals surface area (Å²) in [6.07, 6.45) is 1.49. The van der Waals surface area contributed by atoms with E-state index in [1.165, 1.54) is 5.56 Å². The molecule has 0 aromatic heterocycles. The Kier molecular flexibility index (Phi) is 4.00. The average molecular weight is 197 g/mol. The molecular weight excluding hydrogens is 184 g/mol. The number of halogens is 1. The van der Waals surface area contributed by atoms with E-state index in [0.717, 1.165) is 17.0 Å². The lowest BCUT2D eigenvalue weighted by molar-refractivity contribution is 0.298. The Balaban J connectivity index is 2.54. The van der Waals surface area contributed by atoms with Crippen LogP contribution in [0.1, 0.15) is 12.0 Å². The summed E-state index contributed by atoms with van der Waals surface area (Å²) >= 11 is 5.75. The highest BCUT2D eigenvalue weighted by molar-refractivity contribution is 6.30. The lowest BCUT2D eigenvalue weighted by Crippen LogP contribution is -1.92. The predicted molar refractivity (Wildman–Crippen MR) is 56.0 cm³/mol. The van der Waals surface area contributed by atoms with Gasteiger partial charge in [0, 0.05) is 11.6 Å². The molecule has 0 spiro atoms. The van der Waals surface area contributed by atoms with Crippen molar-refractivity contribution >= 4 is 11.6 Å². The lowest BCUT2D eigenvalue weighted by atomic mass is 10.0. The molecule has 0 aliphatic carbocycles. The van der Waals surface area contributed by atoms with E-state index in [2.05, 4.69) is 6.58 Å². The highest BCUT2D eigenvalue weighted by Crippen LogP contribution is 2.13. The van der Waals surface area contributed by atoms with Crippen molar-refractivity contribution in [2.45, 2.75) is 12.8 Å². The summed E-state index contributed by atoms with van der Waals surface area (Å²) in [5.41, 5.74) is 2.23. The standard InChI is InChI=1S/C11H13ClO/c1-9(6-7-13)8-10-2-4-11(12)5-3-10/h2-5,13H,1,6-8H2. The molecule has 0 atom stereocenters. The van der Waals surface area contributed by atoms with Crippen LogP contribution in [0.4, 0.5) is 0 Å². The molecule has 70 valence electrons. The summed E-state index contributed by atoms with van der Waals surface area (Å²) in [6, 6.07) is 7.68. The first-order valence-electron chi connectivity index (χ1n) is 4.24. The monoisotopic (exact) mass is 196 g/mol. The maximum atomic E-state index is 8.68. The van der Waals surface area contributed by atoms with Gasteiger partial charge >= 0.3 is 0 Å². The number of rotatable bonds is 4. The van der Waals surface area contributed by atoms with Gasteiger partial charge in [0.15, 0.2) is 0 Å². The zero-order valence-corrected chi connectivity index (χ0v) is 8.22. The average Bonchev–Trinajstić information content (AvgIpc) is 2.09. The summed E-state index contributed by atoms with van der Waals surface area (Å²) < 4.78 is 0. The first-order chi connectivity index (χ1) is 6.22. The molecule has 0 fully saturated rings. The van der Waals surface area contributed by atoms with Crippen LogP contribution in [0.15, 0.2) is 36.4 Å². The van der Waals surface area contributed by atoms with Crippen LogP contribution >= 0.6 is 11.6 Å². The molecule has 2 heteroatoms. The Bertz CT molecular complexity index is 277. The molecule has 0 saturated heterocycles. The van der Waals surface area contributed by atoms with Crippen molar-refractivity contribution in [1.29, 1.82) is 0 Å². The Morgan fingerprint density at radius 2 is 1.92 bits per heavy atom. The molecule has 0 amide bonds. The van der Waals surface area contributed by atoms with Crippen LogP contribution < -0.4 is 0 Å². The van der Waals surface area contributed by atoms with Crippen molar-refractivity contribution in [2.24, 2.45) is 0 Å². The maximum absolute atomic E-state index is 8.68. The zero-order valence-electron chi connectivity index (χ0n) is 7.46. The maximum Gasteiger partial charge on any atom is 0.0468 e. The molecule has 0 bridgehead atoms. The molecule has 0 unspecified atom stereocenters. The smallest absolute Gasteiger partial charge is 0.0468 e. The highest BCUT2D eigenvalue weighted by atomic mass is 35.5. The fourth-order valence-electron chi connectivity index (χ4n) is 1.14. The van der Waals surface area contributed by atoms with Crippen LogP contribution in [-0.2, 0) is 6.42 Å². The Hall–Kier alpha value is -0.790. The van der Waals surface area contributed by atoms with Crippen molar-refractivity contribution < 1.29 is 5.11 Å². The fourth-order valence-corrected chi connectivity index (χ4v) is 1.26. The third kappa shape index (κ3) is 3.62. The van der Waals surface area contributed by atoms with Crippen molar-refractivity contribution in [3.8, 4) is 0 Å². The third-order valence-electron chi connectivity index (χ3n) is 1.83. The molecule has 1 N–H and O–H groups in total. The van der Waals surface area contributed by atoms with Crippen molar-refractivity contribution in [2.75, 3.05) is 6.61 Å². The van der Waals surface area contributed by atoms with Gasteiger partial charge in [-0.25, -0.2) is 0 Å². The summed E-state index contributed by atoms with van der Waals surface area (Å²) in [5, 5.41) is 9.42. The van der Waals surface area contributed by atoms with Gasteiger partial charge < -0.3 is 5.11 Å². The van der Waals surface area contributed by atoms with Gasteiger partial charge in [-0.05, 0) is 30.5 Å². The van der Waals surface area contributed by atoms with Gasteiger partial charge in [-0.3, -0.25) is 0 Å². The molecule has 1 aromatic rings. The van der Waals surface area contributed by atoms with E-state index in [1.807, 2.05) is 24.3 Å².